The molecule has 0 amide bonds. The van der Waals surface area contributed by atoms with E-state index >= 15 is 0 Å². The summed E-state index contributed by atoms with van der Waals surface area (Å²) in [6, 6.07) is 0. The van der Waals surface area contributed by atoms with Gasteiger partial charge in [-0.15, -0.1) is 0 Å². The predicted molar refractivity (Wildman–Crippen MR) is 53.2 cm³/mol. The van der Waals surface area contributed by atoms with Crippen LogP contribution in [0.5, 0.6) is 0 Å². The fourth-order valence-corrected chi connectivity index (χ4v) is 2.51. The van der Waals surface area contributed by atoms with Gasteiger partial charge in [-0.25, -0.2) is 8.42 Å². The van der Waals surface area contributed by atoms with E-state index in [-0.39, 0.29) is 18.6 Å². The SMILES string of the molecule is CNC1(C)CCN(S(=O)(=O)C(F)F)CC1. The zero-order valence-corrected chi connectivity index (χ0v) is 9.65. The molecule has 0 unspecified atom stereocenters. The summed E-state index contributed by atoms with van der Waals surface area (Å²) in [6.07, 6.45) is 1.10. The Balaban J connectivity index is 2.66. The summed E-state index contributed by atoms with van der Waals surface area (Å²) in [5.41, 5.74) is -0.145. The number of nitrogens with zero attached hydrogens (tertiary/aromatic N) is 1. The van der Waals surface area contributed by atoms with Gasteiger partial charge >= 0.3 is 5.76 Å². The molecule has 1 N–H and O–H groups in total. The second kappa shape index (κ2) is 4.31. The first-order valence-corrected chi connectivity index (χ1v) is 6.28. The molecule has 0 aromatic carbocycles. The third-order valence-electron chi connectivity index (χ3n) is 3.01. The Morgan fingerprint density at radius 1 is 1.33 bits per heavy atom. The van der Waals surface area contributed by atoms with Crippen LogP contribution in [0.1, 0.15) is 19.8 Å². The molecular weight excluding hydrogens is 226 g/mol. The van der Waals surface area contributed by atoms with Crippen molar-refractivity contribution >= 4 is 10.0 Å². The lowest BCUT2D eigenvalue weighted by molar-refractivity contribution is 0.187. The monoisotopic (exact) mass is 242 g/mol. The molecule has 4 nitrogen and oxygen atoms in total. The number of nitrogens with one attached hydrogen (secondary N) is 1. The van der Waals surface area contributed by atoms with Gasteiger partial charge in [-0.05, 0) is 26.8 Å². The van der Waals surface area contributed by atoms with E-state index in [4.69, 9.17) is 0 Å². The summed E-state index contributed by atoms with van der Waals surface area (Å²) >= 11 is 0. The van der Waals surface area contributed by atoms with E-state index < -0.39 is 15.8 Å². The van der Waals surface area contributed by atoms with Gasteiger partial charge in [0, 0.05) is 18.6 Å². The highest BCUT2D eigenvalue weighted by Crippen LogP contribution is 2.24. The van der Waals surface area contributed by atoms with Gasteiger partial charge in [-0.2, -0.15) is 13.1 Å². The van der Waals surface area contributed by atoms with E-state index in [9.17, 15) is 17.2 Å². The Labute approximate surface area is 88.7 Å². The van der Waals surface area contributed by atoms with Crippen LogP contribution in [0, 0.1) is 0 Å². The van der Waals surface area contributed by atoms with Gasteiger partial charge in [0.25, 0.3) is 10.0 Å². The second-order valence-corrected chi connectivity index (χ2v) is 5.92. The van der Waals surface area contributed by atoms with Crippen LogP contribution < -0.4 is 5.32 Å². The van der Waals surface area contributed by atoms with Crippen LogP contribution in [0.2, 0.25) is 0 Å². The number of hydrogen-bond donors (Lipinski definition) is 1. The molecule has 1 rings (SSSR count). The maximum absolute atomic E-state index is 12.2. The smallest absolute Gasteiger partial charge is 0.314 e. The lowest BCUT2D eigenvalue weighted by Crippen LogP contribution is -2.52. The first-order chi connectivity index (χ1) is 6.82. The maximum atomic E-state index is 12.2. The van der Waals surface area contributed by atoms with Crippen LogP contribution in [0.15, 0.2) is 0 Å². The highest BCUT2D eigenvalue weighted by Gasteiger charge is 2.37. The van der Waals surface area contributed by atoms with Crippen molar-refractivity contribution in [2.75, 3.05) is 20.1 Å². The van der Waals surface area contributed by atoms with E-state index in [1.807, 2.05) is 6.92 Å². The van der Waals surface area contributed by atoms with Crippen LogP contribution in [-0.2, 0) is 10.0 Å². The highest BCUT2D eigenvalue weighted by molar-refractivity contribution is 7.89. The van der Waals surface area contributed by atoms with Gasteiger partial charge in [0.05, 0.1) is 0 Å². The van der Waals surface area contributed by atoms with Crippen molar-refractivity contribution in [2.45, 2.75) is 31.1 Å². The zero-order valence-electron chi connectivity index (χ0n) is 8.83. The Bertz CT molecular complexity index is 311. The Hall–Kier alpha value is -0.270. The summed E-state index contributed by atoms with van der Waals surface area (Å²) in [5.74, 6) is -3.31. The second-order valence-electron chi connectivity index (χ2n) is 4.02. The lowest BCUT2D eigenvalue weighted by Gasteiger charge is -2.38. The molecule has 0 saturated carbocycles. The number of halogens is 2. The molecular formula is C8H16F2N2O2S. The minimum Gasteiger partial charge on any atom is -0.314 e. The maximum Gasteiger partial charge on any atom is 0.350 e. The first-order valence-electron chi connectivity index (χ1n) is 4.78. The largest absolute Gasteiger partial charge is 0.350 e. The summed E-state index contributed by atoms with van der Waals surface area (Å²) in [7, 11) is -2.60. The topological polar surface area (TPSA) is 49.4 Å². The minimum atomic E-state index is -4.39. The normalized spacial score (nSPS) is 23.3. The van der Waals surface area contributed by atoms with E-state index in [2.05, 4.69) is 5.32 Å². The zero-order chi connectivity index (χ0) is 11.7. The quantitative estimate of drug-likeness (QED) is 0.789. The molecule has 1 aliphatic heterocycles. The third-order valence-corrected chi connectivity index (χ3v) is 4.55. The molecule has 7 heteroatoms. The molecule has 0 aromatic heterocycles. The molecule has 0 aromatic rings. The molecule has 1 aliphatic rings. The molecule has 90 valence electrons. The van der Waals surface area contributed by atoms with Crippen molar-refractivity contribution in [1.29, 1.82) is 0 Å². The van der Waals surface area contributed by atoms with Crippen molar-refractivity contribution in [3.05, 3.63) is 0 Å². The fraction of sp³-hybridized carbons (Fsp3) is 1.00. The van der Waals surface area contributed by atoms with Gasteiger partial charge in [0.15, 0.2) is 0 Å². The van der Waals surface area contributed by atoms with Gasteiger partial charge in [0.2, 0.25) is 0 Å². The van der Waals surface area contributed by atoms with Crippen molar-refractivity contribution in [1.82, 2.24) is 9.62 Å². The molecule has 0 bridgehead atoms. The van der Waals surface area contributed by atoms with Crippen LogP contribution >= 0.6 is 0 Å². The van der Waals surface area contributed by atoms with Gasteiger partial charge < -0.3 is 5.32 Å². The third kappa shape index (κ3) is 2.64. The number of hydrogen-bond acceptors (Lipinski definition) is 3. The molecule has 15 heavy (non-hydrogen) atoms. The number of piperidine rings is 1. The van der Waals surface area contributed by atoms with Crippen molar-refractivity contribution in [3.63, 3.8) is 0 Å². The fourth-order valence-electron chi connectivity index (χ4n) is 1.60. The number of alkyl halides is 2. The minimum absolute atomic E-state index is 0.145. The summed E-state index contributed by atoms with van der Waals surface area (Å²) in [5, 5.41) is 3.07. The van der Waals surface area contributed by atoms with E-state index in [1.165, 1.54) is 0 Å². The molecule has 1 heterocycles. The Morgan fingerprint density at radius 2 is 1.80 bits per heavy atom. The highest BCUT2D eigenvalue weighted by atomic mass is 32.2. The summed E-state index contributed by atoms with van der Waals surface area (Å²) in [4.78, 5) is 0. The van der Waals surface area contributed by atoms with Crippen LogP contribution in [0.25, 0.3) is 0 Å². The van der Waals surface area contributed by atoms with Gasteiger partial charge in [0.1, 0.15) is 0 Å². The van der Waals surface area contributed by atoms with Gasteiger partial charge in [-0.1, -0.05) is 0 Å². The molecule has 0 atom stereocenters. The van der Waals surface area contributed by atoms with E-state index in [0.717, 1.165) is 4.31 Å². The molecule has 1 fully saturated rings. The molecule has 0 spiro atoms. The van der Waals surface area contributed by atoms with Crippen molar-refractivity contribution in [2.24, 2.45) is 0 Å². The molecule has 0 aliphatic carbocycles. The van der Waals surface area contributed by atoms with E-state index in [1.54, 1.807) is 7.05 Å². The van der Waals surface area contributed by atoms with E-state index in [0.29, 0.717) is 12.8 Å². The average Bonchev–Trinajstić information content (AvgIpc) is 2.18. The number of sulfonamides is 1. The average molecular weight is 242 g/mol. The van der Waals surface area contributed by atoms with Crippen LogP contribution in [-0.4, -0.2) is 44.2 Å². The van der Waals surface area contributed by atoms with Crippen molar-refractivity contribution in [3.8, 4) is 0 Å². The lowest BCUT2D eigenvalue weighted by atomic mass is 9.91. The molecule has 0 radical (unpaired) electrons. The van der Waals surface area contributed by atoms with Crippen LogP contribution in [0.4, 0.5) is 8.78 Å². The summed E-state index contributed by atoms with van der Waals surface area (Å²) in [6.45, 7) is 2.27. The molecule has 1 saturated heterocycles. The predicted octanol–water partition coefficient (Wildman–Crippen LogP) is 0.613. The van der Waals surface area contributed by atoms with Crippen molar-refractivity contribution < 1.29 is 17.2 Å². The standard InChI is InChI=1S/C8H16F2N2O2S/c1-8(11-2)3-5-12(6-4-8)15(13,14)7(9)10/h7,11H,3-6H2,1-2H3. The van der Waals surface area contributed by atoms with Crippen LogP contribution in [0.3, 0.4) is 0 Å². The van der Waals surface area contributed by atoms with Gasteiger partial charge in [-0.3, -0.25) is 0 Å². The Kier molecular flexibility index (Phi) is 3.67. The first kappa shape index (κ1) is 12.8. The Morgan fingerprint density at radius 3 is 2.13 bits per heavy atom. The number of rotatable bonds is 3. The summed E-state index contributed by atoms with van der Waals surface area (Å²) < 4.78 is 47.6.